The number of carboxylic acids is 1. The Bertz CT molecular complexity index is 880. The summed E-state index contributed by atoms with van der Waals surface area (Å²) in [5, 5.41) is 13.2. The largest absolute Gasteiger partial charge is 0.481 e. The third kappa shape index (κ3) is 5.00. The molecule has 0 radical (unpaired) electrons. The quantitative estimate of drug-likeness (QED) is 0.798. The van der Waals surface area contributed by atoms with Gasteiger partial charge in [-0.25, -0.2) is 4.79 Å². The van der Waals surface area contributed by atoms with Crippen LogP contribution < -0.4 is 10.1 Å². The molecule has 3 rings (SSSR count). The molecule has 1 aliphatic rings. The number of carbonyl (C=O) groups is 3. The summed E-state index contributed by atoms with van der Waals surface area (Å²) in [6.45, 7) is 0.201. The lowest BCUT2D eigenvalue weighted by molar-refractivity contribution is -0.139. The van der Waals surface area contributed by atoms with Crippen molar-refractivity contribution in [3.63, 3.8) is 0 Å². The third-order valence-electron chi connectivity index (χ3n) is 4.77. The van der Waals surface area contributed by atoms with Crippen LogP contribution in [-0.2, 0) is 14.4 Å². The van der Waals surface area contributed by atoms with Crippen molar-refractivity contribution in [2.24, 2.45) is 0 Å². The van der Waals surface area contributed by atoms with E-state index in [-0.39, 0.29) is 18.4 Å². The Labute approximate surface area is 163 Å². The minimum atomic E-state index is -1.06. The van der Waals surface area contributed by atoms with E-state index in [0.717, 1.165) is 31.1 Å². The van der Waals surface area contributed by atoms with Crippen LogP contribution in [0.1, 0.15) is 32.1 Å². The molecule has 0 aromatic heterocycles. The summed E-state index contributed by atoms with van der Waals surface area (Å²) in [5.41, 5.74) is 0.600. The van der Waals surface area contributed by atoms with Crippen LogP contribution in [0.25, 0.3) is 10.8 Å². The average molecular weight is 384 g/mol. The number of ether oxygens (including phenoxy) is 1. The van der Waals surface area contributed by atoms with E-state index in [9.17, 15) is 14.4 Å². The molecule has 1 heterocycles. The van der Waals surface area contributed by atoms with Gasteiger partial charge in [0.05, 0.1) is 6.54 Å². The predicted molar refractivity (Wildman–Crippen MR) is 105 cm³/mol. The van der Waals surface area contributed by atoms with E-state index in [2.05, 4.69) is 5.32 Å². The number of likely N-dealkylation sites (tertiary alicyclic amines) is 1. The zero-order chi connectivity index (χ0) is 19.9. The van der Waals surface area contributed by atoms with Crippen LogP contribution in [0.15, 0.2) is 36.4 Å². The molecule has 2 aromatic carbocycles. The summed E-state index contributed by atoms with van der Waals surface area (Å²) in [6.07, 6.45) is 4.42. The number of nitrogens with one attached hydrogen (secondary N) is 1. The second-order valence-electron chi connectivity index (χ2n) is 6.87. The first kappa shape index (κ1) is 19.7. The Morgan fingerprint density at radius 2 is 1.79 bits per heavy atom. The van der Waals surface area contributed by atoms with Gasteiger partial charge in [0.25, 0.3) is 0 Å². The van der Waals surface area contributed by atoms with E-state index in [1.54, 1.807) is 17.0 Å². The van der Waals surface area contributed by atoms with Crippen molar-refractivity contribution in [3.05, 3.63) is 36.4 Å². The van der Waals surface area contributed by atoms with Crippen LogP contribution in [0.3, 0.4) is 0 Å². The van der Waals surface area contributed by atoms with Gasteiger partial charge in [0.1, 0.15) is 5.75 Å². The predicted octanol–water partition coefficient (Wildman–Crippen LogP) is 3.03. The summed E-state index contributed by atoms with van der Waals surface area (Å²) in [7, 11) is 0. The molecule has 7 heteroatoms. The Hall–Kier alpha value is -3.09. The maximum atomic E-state index is 12.6. The van der Waals surface area contributed by atoms with Gasteiger partial charge in [-0.1, -0.05) is 37.1 Å². The fourth-order valence-corrected chi connectivity index (χ4v) is 3.39. The Balaban J connectivity index is 1.74. The molecule has 0 atom stereocenters. The molecule has 0 spiro atoms. The van der Waals surface area contributed by atoms with Gasteiger partial charge >= 0.3 is 5.97 Å². The lowest BCUT2D eigenvalue weighted by Gasteiger charge is -2.24. The Morgan fingerprint density at radius 1 is 1.04 bits per heavy atom. The summed E-state index contributed by atoms with van der Waals surface area (Å²) >= 11 is 0. The van der Waals surface area contributed by atoms with E-state index in [1.807, 2.05) is 24.3 Å². The van der Waals surface area contributed by atoms with Crippen molar-refractivity contribution < 1.29 is 24.2 Å². The minimum absolute atomic E-state index is 0.0251. The number of carbonyl (C=O) groups excluding carboxylic acids is 2. The minimum Gasteiger partial charge on any atom is -0.481 e. The molecular weight excluding hydrogens is 360 g/mol. The Kier molecular flexibility index (Phi) is 6.47. The van der Waals surface area contributed by atoms with Crippen LogP contribution in [0, 0.1) is 0 Å². The summed E-state index contributed by atoms with van der Waals surface area (Å²) < 4.78 is 5.34. The topological polar surface area (TPSA) is 95.9 Å². The van der Waals surface area contributed by atoms with Gasteiger partial charge in [-0.15, -0.1) is 0 Å². The molecule has 148 valence electrons. The molecule has 0 unspecified atom stereocenters. The number of nitrogens with zero attached hydrogens (tertiary/aromatic N) is 1. The smallest absolute Gasteiger partial charge is 0.341 e. The van der Waals surface area contributed by atoms with Crippen LogP contribution in [0.5, 0.6) is 5.75 Å². The molecule has 1 aliphatic heterocycles. The number of hydrogen-bond donors (Lipinski definition) is 2. The van der Waals surface area contributed by atoms with Gasteiger partial charge in [-0.2, -0.15) is 0 Å². The highest BCUT2D eigenvalue weighted by Gasteiger charge is 2.19. The van der Waals surface area contributed by atoms with Crippen molar-refractivity contribution in [1.29, 1.82) is 0 Å². The molecule has 2 amide bonds. The molecule has 1 saturated heterocycles. The first-order valence-corrected chi connectivity index (χ1v) is 9.48. The van der Waals surface area contributed by atoms with Crippen molar-refractivity contribution in [2.75, 3.05) is 25.0 Å². The number of benzene rings is 2. The number of amides is 2. The third-order valence-corrected chi connectivity index (χ3v) is 4.77. The maximum absolute atomic E-state index is 12.6. The number of anilines is 1. The van der Waals surface area contributed by atoms with Crippen molar-refractivity contribution >= 4 is 34.2 Å². The number of rotatable bonds is 6. The number of aliphatic carboxylic acids is 1. The van der Waals surface area contributed by atoms with Crippen LogP contribution in [-0.4, -0.2) is 47.5 Å². The lowest BCUT2D eigenvalue weighted by atomic mass is 10.1. The number of fused-ring (bicyclic) bond motifs is 1. The summed E-state index contributed by atoms with van der Waals surface area (Å²) in [4.78, 5) is 37.2. The number of hydrogen-bond acceptors (Lipinski definition) is 4. The SMILES string of the molecule is O=C(O)COc1ccc(NC(=O)CN2CCCCCCC2=O)c2ccccc12. The second-order valence-corrected chi connectivity index (χ2v) is 6.87. The average Bonchev–Trinajstić information content (AvgIpc) is 2.67. The van der Waals surface area contributed by atoms with Crippen LogP contribution in [0.2, 0.25) is 0 Å². The first-order chi connectivity index (χ1) is 13.5. The Morgan fingerprint density at radius 3 is 2.57 bits per heavy atom. The zero-order valence-corrected chi connectivity index (χ0v) is 15.6. The van der Waals surface area contributed by atoms with E-state index >= 15 is 0 Å². The van der Waals surface area contributed by atoms with E-state index < -0.39 is 12.6 Å². The van der Waals surface area contributed by atoms with E-state index in [0.29, 0.717) is 29.8 Å². The molecule has 0 saturated carbocycles. The molecule has 0 bridgehead atoms. The zero-order valence-electron chi connectivity index (χ0n) is 15.6. The van der Waals surface area contributed by atoms with Crippen molar-refractivity contribution in [1.82, 2.24) is 4.90 Å². The molecule has 2 aromatic rings. The second kappa shape index (κ2) is 9.21. The normalized spacial score (nSPS) is 15.0. The van der Waals surface area contributed by atoms with Crippen molar-refractivity contribution in [3.8, 4) is 5.75 Å². The number of carboxylic acid groups (broad SMARTS) is 1. The fourth-order valence-electron chi connectivity index (χ4n) is 3.39. The highest BCUT2D eigenvalue weighted by atomic mass is 16.5. The van der Waals surface area contributed by atoms with Gasteiger partial charge in [0, 0.05) is 29.4 Å². The highest BCUT2D eigenvalue weighted by molar-refractivity contribution is 6.05. The summed E-state index contributed by atoms with van der Waals surface area (Å²) in [6, 6.07) is 10.6. The van der Waals surface area contributed by atoms with Crippen LogP contribution >= 0.6 is 0 Å². The van der Waals surface area contributed by atoms with Crippen molar-refractivity contribution in [2.45, 2.75) is 32.1 Å². The molecule has 2 N–H and O–H groups in total. The van der Waals surface area contributed by atoms with Gasteiger partial charge in [0.15, 0.2) is 6.61 Å². The molecule has 7 nitrogen and oxygen atoms in total. The van der Waals surface area contributed by atoms with Crippen LogP contribution in [0.4, 0.5) is 5.69 Å². The molecule has 0 aliphatic carbocycles. The molecular formula is C21H24N2O5. The van der Waals surface area contributed by atoms with Gasteiger partial charge in [-0.05, 0) is 25.0 Å². The maximum Gasteiger partial charge on any atom is 0.341 e. The van der Waals surface area contributed by atoms with E-state index in [4.69, 9.17) is 9.84 Å². The van der Waals surface area contributed by atoms with Gasteiger partial charge in [0.2, 0.25) is 11.8 Å². The van der Waals surface area contributed by atoms with Gasteiger partial charge < -0.3 is 20.1 Å². The monoisotopic (exact) mass is 384 g/mol. The van der Waals surface area contributed by atoms with Gasteiger partial charge in [-0.3, -0.25) is 9.59 Å². The highest BCUT2D eigenvalue weighted by Crippen LogP contribution is 2.31. The standard InChI is InChI=1S/C21H24N2O5/c24-19(13-23-12-6-2-1-3-9-20(23)25)22-17-10-11-18(28-14-21(26)27)16-8-5-4-7-15(16)17/h4-5,7-8,10-11H,1-3,6,9,12-14H2,(H,22,24)(H,26,27). The lowest BCUT2D eigenvalue weighted by Crippen LogP contribution is -2.39. The summed E-state index contributed by atoms with van der Waals surface area (Å²) in [5.74, 6) is -0.843. The van der Waals surface area contributed by atoms with E-state index in [1.165, 1.54) is 0 Å². The molecule has 1 fully saturated rings. The first-order valence-electron chi connectivity index (χ1n) is 9.48. The molecule has 28 heavy (non-hydrogen) atoms. The fraction of sp³-hybridized carbons (Fsp3) is 0.381.